The van der Waals surface area contributed by atoms with E-state index in [-0.39, 0.29) is 11.4 Å². The maximum Gasteiger partial charge on any atom is 0.267 e. The monoisotopic (exact) mass is 456 g/mol. The molecule has 0 spiro atoms. The highest BCUT2D eigenvalue weighted by Crippen LogP contribution is 2.37. The fraction of sp³-hybridized carbons (Fsp3) is 0.174. The number of nitrogens with zero attached hydrogens (tertiary/aromatic N) is 1. The summed E-state index contributed by atoms with van der Waals surface area (Å²) in [5, 5.41) is 3.25. The second kappa shape index (κ2) is 8.61. The topological polar surface area (TPSA) is 75.7 Å². The molecule has 3 aromatic carbocycles. The number of para-hydroxylation sites is 2. The number of amides is 1. The summed E-state index contributed by atoms with van der Waals surface area (Å²) in [5.41, 5.74) is 2.16. The van der Waals surface area contributed by atoms with Crippen molar-refractivity contribution in [1.82, 2.24) is 0 Å². The second-order valence-electron chi connectivity index (χ2n) is 7.10. The van der Waals surface area contributed by atoms with Gasteiger partial charge in [0.25, 0.3) is 15.9 Å². The largest absolute Gasteiger partial charge is 0.476 e. The van der Waals surface area contributed by atoms with Gasteiger partial charge in [0.2, 0.25) is 0 Å². The molecule has 1 atom stereocenters. The van der Waals surface area contributed by atoms with Gasteiger partial charge in [-0.2, -0.15) is 0 Å². The van der Waals surface area contributed by atoms with Gasteiger partial charge in [-0.25, -0.2) is 8.42 Å². The predicted octanol–water partition coefficient (Wildman–Crippen LogP) is 4.50. The van der Waals surface area contributed by atoms with E-state index in [1.807, 2.05) is 24.3 Å². The Morgan fingerprint density at radius 1 is 1.06 bits per heavy atom. The number of hydrogen-bond donors (Lipinski definition) is 1. The molecule has 0 saturated carbocycles. The van der Waals surface area contributed by atoms with Gasteiger partial charge in [0.05, 0.1) is 17.1 Å². The molecule has 0 radical (unpaired) electrons. The number of nitrogens with one attached hydrogen (secondary N) is 1. The number of anilines is 2. The van der Waals surface area contributed by atoms with Gasteiger partial charge in [0.1, 0.15) is 5.75 Å². The highest BCUT2D eigenvalue weighted by molar-refractivity contribution is 7.92. The van der Waals surface area contributed by atoms with Crippen molar-refractivity contribution in [3.05, 3.63) is 83.4 Å². The Bertz CT molecular complexity index is 1200. The number of halogens is 1. The van der Waals surface area contributed by atoms with E-state index in [1.165, 1.54) is 28.6 Å². The second-order valence-corrected chi connectivity index (χ2v) is 9.40. The van der Waals surface area contributed by atoms with Crippen LogP contribution in [0.15, 0.2) is 77.7 Å². The zero-order valence-electron chi connectivity index (χ0n) is 16.8. The van der Waals surface area contributed by atoms with Crippen LogP contribution in [-0.4, -0.2) is 27.0 Å². The van der Waals surface area contributed by atoms with Gasteiger partial charge in [0, 0.05) is 10.7 Å². The van der Waals surface area contributed by atoms with Gasteiger partial charge in [0.15, 0.2) is 6.10 Å². The average Bonchev–Trinajstić information content (AvgIpc) is 2.79. The summed E-state index contributed by atoms with van der Waals surface area (Å²) >= 11 is 5.91. The van der Waals surface area contributed by atoms with E-state index in [1.54, 1.807) is 24.3 Å². The van der Waals surface area contributed by atoms with Crippen LogP contribution in [0.5, 0.6) is 5.75 Å². The van der Waals surface area contributed by atoms with E-state index in [4.69, 9.17) is 16.3 Å². The summed E-state index contributed by atoms with van der Waals surface area (Å²) in [4.78, 5) is 13.0. The summed E-state index contributed by atoms with van der Waals surface area (Å²) in [6, 6.07) is 20.2. The number of aryl methyl sites for hydroxylation is 1. The third-order valence-corrected chi connectivity index (χ3v) is 7.10. The van der Waals surface area contributed by atoms with E-state index >= 15 is 0 Å². The maximum atomic E-state index is 13.4. The molecule has 1 N–H and O–H groups in total. The molecule has 0 saturated heterocycles. The van der Waals surface area contributed by atoms with Gasteiger partial charge < -0.3 is 10.1 Å². The molecule has 3 aromatic rings. The zero-order chi connectivity index (χ0) is 22.0. The van der Waals surface area contributed by atoms with Crippen LogP contribution in [-0.2, 0) is 21.2 Å². The highest BCUT2D eigenvalue weighted by Gasteiger charge is 2.37. The van der Waals surface area contributed by atoms with Crippen molar-refractivity contribution in [2.75, 3.05) is 16.2 Å². The number of sulfonamides is 1. The van der Waals surface area contributed by atoms with Crippen molar-refractivity contribution in [3.63, 3.8) is 0 Å². The minimum atomic E-state index is -3.93. The first kappa shape index (κ1) is 21.2. The summed E-state index contributed by atoms with van der Waals surface area (Å²) in [5.74, 6) is -0.0946. The number of fused-ring (bicyclic) bond motifs is 1. The van der Waals surface area contributed by atoms with Crippen LogP contribution in [0, 0.1) is 0 Å². The minimum absolute atomic E-state index is 0.0860. The Kier molecular flexibility index (Phi) is 5.89. The van der Waals surface area contributed by atoms with Crippen molar-refractivity contribution in [2.24, 2.45) is 0 Å². The summed E-state index contributed by atoms with van der Waals surface area (Å²) in [6.45, 7) is 1.90. The number of benzene rings is 3. The molecule has 160 valence electrons. The molecule has 1 aliphatic rings. The lowest BCUT2D eigenvalue weighted by atomic mass is 10.1. The number of rotatable bonds is 5. The van der Waals surface area contributed by atoms with Crippen molar-refractivity contribution in [2.45, 2.75) is 24.3 Å². The Hall–Kier alpha value is -3.03. The molecule has 0 unspecified atom stereocenters. The van der Waals surface area contributed by atoms with Crippen LogP contribution in [0.25, 0.3) is 0 Å². The Morgan fingerprint density at radius 3 is 2.42 bits per heavy atom. The van der Waals surface area contributed by atoms with Gasteiger partial charge in [-0.15, -0.1) is 0 Å². The van der Waals surface area contributed by atoms with Crippen molar-refractivity contribution in [3.8, 4) is 5.75 Å². The van der Waals surface area contributed by atoms with Gasteiger partial charge in [-0.1, -0.05) is 42.8 Å². The molecule has 0 fully saturated rings. The summed E-state index contributed by atoms with van der Waals surface area (Å²) in [7, 11) is -3.93. The minimum Gasteiger partial charge on any atom is -0.476 e. The Labute approximate surface area is 186 Å². The van der Waals surface area contributed by atoms with Crippen molar-refractivity contribution < 1.29 is 17.9 Å². The molecule has 4 rings (SSSR count). The molecule has 8 heteroatoms. The lowest BCUT2D eigenvalue weighted by molar-refractivity contribution is -0.122. The number of ether oxygens (including phenoxy) is 1. The van der Waals surface area contributed by atoms with Gasteiger partial charge in [-0.3, -0.25) is 9.10 Å². The normalized spacial score (nSPS) is 15.7. The first-order chi connectivity index (χ1) is 14.9. The van der Waals surface area contributed by atoms with E-state index in [2.05, 4.69) is 12.2 Å². The Balaban J connectivity index is 1.63. The quantitative estimate of drug-likeness (QED) is 0.613. The fourth-order valence-corrected chi connectivity index (χ4v) is 4.95. The molecule has 1 heterocycles. The molecule has 0 bridgehead atoms. The molecule has 0 aromatic heterocycles. The number of carbonyl (C=O) groups excluding carboxylic acids is 1. The first-order valence-corrected chi connectivity index (χ1v) is 11.6. The SMILES string of the molecule is CCc1ccc(NC(=O)[C@@H]2CN(S(=O)(=O)c3ccc(Cl)cc3)c3ccccc3O2)cc1. The molecular formula is C23H21ClN2O4S. The Morgan fingerprint density at radius 2 is 1.74 bits per heavy atom. The van der Waals surface area contributed by atoms with E-state index in [0.717, 1.165) is 12.0 Å². The molecule has 31 heavy (non-hydrogen) atoms. The zero-order valence-corrected chi connectivity index (χ0v) is 18.4. The predicted molar refractivity (Wildman–Crippen MR) is 121 cm³/mol. The van der Waals surface area contributed by atoms with Crippen LogP contribution >= 0.6 is 11.6 Å². The van der Waals surface area contributed by atoms with Crippen molar-refractivity contribution in [1.29, 1.82) is 0 Å². The van der Waals surface area contributed by atoms with E-state index in [9.17, 15) is 13.2 Å². The highest BCUT2D eigenvalue weighted by atomic mass is 35.5. The third kappa shape index (κ3) is 4.38. The average molecular weight is 457 g/mol. The summed E-state index contributed by atoms with van der Waals surface area (Å²) < 4.78 is 33.8. The van der Waals surface area contributed by atoms with Gasteiger partial charge >= 0.3 is 0 Å². The maximum absolute atomic E-state index is 13.4. The van der Waals surface area contributed by atoms with E-state index in [0.29, 0.717) is 22.1 Å². The third-order valence-electron chi connectivity index (χ3n) is 5.06. The number of hydrogen-bond acceptors (Lipinski definition) is 4. The van der Waals surface area contributed by atoms with Crippen LogP contribution in [0.3, 0.4) is 0 Å². The molecular weight excluding hydrogens is 436 g/mol. The molecule has 6 nitrogen and oxygen atoms in total. The summed E-state index contributed by atoms with van der Waals surface area (Å²) in [6.07, 6.45) is -0.114. The van der Waals surface area contributed by atoms with Crippen molar-refractivity contribution >= 4 is 38.9 Å². The number of carbonyl (C=O) groups is 1. The van der Waals surface area contributed by atoms with Crippen LogP contribution in [0.4, 0.5) is 11.4 Å². The molecule has 1 amide bonds. The smallest absolute Gasteiger partial charge is 0.267 e. The van der Waals surface area contributed by atoms with Crippen LogP contribution < -0.4 is 14.4 Å². The van der Waals surface area contributed by atoms with Gasteiger partial charge in [-0.05, 0) is 60.5 Å². The van der Waals surface area contributed by atoms with E-state index < -0.39 is 22.0 Å². The molecule has 0 aliphatic carbocycles. The standard InChI is InChI=1S/C23H21ClN2O4S/c1-2-16-7-11-18(12-8-16)25-23(27)22-15-26(20-5-3-4-6-21(20)30-22)31(28,29)19-13-9-17(24)10-14-19/h3-14,22H,2,15H2,1H3,(H,25,27)/t22-/m0/s1. The lowest BCUT2D eigenvalue weighted by Crippen LogP contribution is -2.48. The fourth-order valence-electron chi connectivity index (χ4n) is 3.35. The first-order valence-electron chi connectivity index (χ1n) is 9.82. The van der Waals surface area contributed by atoms with Crippen LogP contribution in [0.2, 0.25) is 5.02 Å². The molecule has 1 aliphatic heterocycles. The van der Waals surface area contributed by atoms with Crippen LogP contribution in [0.1, 0.15) is 12.5 Å². The lowest BCUT2D eigenvalue weighted by Gasteiger charge is -2.34.